The van der Waals surface area contributed by atoms with Crippen molar-refractivity contribution in [1.82, 2.24) is 0 Å². The summed E-state index contributed by atoms with van der Waals surface area (Å²) < 4.78 is 26.2. The number of benzene rings is 2. The summed E-state index contributed by atoms with van der Waals surface area (Å²) in [5, 5.41) is 5.21. The first-order chi connectivity index (χ1) is 11.6. The number of halogens is 2. The molecular weight excluding hydrogens is 326 g/mol. The molecule has 132 valence electrons. The third-order valence-electron chi connectivity index (χ3n) is 4.03. The Balaban J connectivity index is 2.17. The Labute approximate surface area is 145 Å². The van der Waals surface area contributed by atoms with Crippen LogP contribution in [0, 0.1) is 30.9 Å². The summed E-state index contributed by atoms with van der Waals surface area (Å²) in [6.07, 6.45) is 0. The van der Waals surface area contributed by atoms with Gasteiger partial charge in [-0.2, -0.15) is 0 Å². The molecule has 0 spiro atoms. The predicted molar refractivity (Wildman–Crippen MR) is 93.3 cm³/mol. The third kappa shape index (κ3) is 4.02. The maximum absolute atomic E-state index is 13.3. The zero-order chi connectivity index (χ0) is 18.8. The van der Waals surface area contributed by atoms with Crippen LogP contribution in [0.4, 0.5) is 20.2 Å². The van der Waals surface area contributed by atoms with E-state index in [-0.39, 0.29) is 5.69 Å². The highest BCUT2D eigenvalue weighted by Gasteiger charge is 2.36. The zero-order valence-corrected chi connectivity index (χ0v) is 14.5. The van der Waals surface area contributed by atoms with E-state index in [0.29, 0.717) is 5.69 Å². The van der Waals surface area contributed by atoms with Crippen LogP contribution in [0.25, 0.3) is 0 Å². The number of nitrogens with one attached hydrogen (secondary N) is 2. The minimum atomic E-state index is -1.42. The fourth-order valence-electron chi connectivity index (χ4n) is 2.25. The van der Waals surface area contributed by atoms with E-state index in [0.717, 1.165) is 23.3 Å². The Kier molecular flexibility index (Phi) is 5.21. The number of carbonyl (C=O) groups is 2. The molecule has 6 heteroatoms. The molecule has 0 fully saturated rings. The second-order valence-electron chi connectivity index (χ2n) is 6.43. The first kappa shape index (κ1) is 18.6. The lowest BCUT2D eigenvalue weighted by molar-refractivity contribution is -0.135. The van der Waals surface area contributed by atoms with E-state index < -0.39 is 28.9 Å². The van der Waals surface area contributed by atoms with Crippen molar-refractivity contribution in [2.24, 2.45) is 5.41 Å². The maximum atomic E-state index is 13.3. The molecule has 0 aliphatic heterocycles. The van der Waals surface area contributed by atoms with Crippen LogP contribution >= 0.6 is 0 Å². The van der Waals surface area contributed by atoms with Crippen molar-refractivity contribution >= 4 is 23.2 Å². The highest BCUT2D eigenvalue weighted by molar-refractivity contribution is 6.14. The molecule has 0 unspecified atom stereocenters. The maximum Gasteiger partial charge on any atom is 0.239 e. The van der Waals surface area contributed by atoms with Gasteiger partial charge in [0.25, 0.3) is 0 Å². The molecule has 0 saturated heterocycles. The van der Waals surface area contributed by atoms with Crippen molar-refractivity contribution < 1.29 is 18.4 Å². The molecule has 0 aliphatic carbocycles. The molecule has 4 nitrogen and oxygen atoms in total. The van der Waals surface area contributed by atoms with E-state index in [1.807, 2.05) is 32.0 Å². The van der Waals surface area contributed by atoms with Gasteiger partial charge < -0.3 is 10.6 Å². The van der Waals surface area contributed by atoms with E-state index in [1.54, 1.807) is 0 Å². The van der Waals surface area contributed by atoms with Crippen molar-refractivity contribution in [3.8, 4) is 0 Å². The smallest absolute Gasteiger partial charge is 0.239 e. The Hall–Kier alpha value is -2.76. The van der Waals surface area contributed by atoms with Gasteiger partial charge in [-0.15, -0.1) is 0 Å². The molecule has 2 rings (SSSR count). The largest absolute Gasteiger partial charge is 0.325 e. The Morgan fingerprint density at radius 3 is 2.00 bits per heavy atom. The SMILES string of the molecule is Cc1cccc(C)c1NC(=O)C(C)(C)C(=O)Nc1ccc(F)c(F)c1. The van der Waals surface area contributed by atoms with Gasteiger partial charge in [0.1, 0.15) is 5.41 Å². The number of carbonyl (C=O) groups excluding carboxylic acids is 2. The van der Waals surface area contributed by atoms with Gasteiger partial charge in [0.2, 0.25) is 11.8 Å². The number of para-hydroxylation sites is 1. The highest BCUT2D eigenvalue weighted by Crippen LogP contribution is 2.25. The fraction of sp³-hybridized carbons (Fsp3) is 0.263. The van der Waals surface area contributed by atoms with Gasteiger partial charge in [-0.05, 0) is 51.0 Å². The van der Waals surface area contributed by atoms with Gasteiger partial charge in [0.15, 0.2) is 11.6 Å². The average molecular weight is 346 g/mol. The molecule has 2 aromatic carbocycles. The Morgan fingerprint density at radius 2 is 1.44 bits per heavy atom. The Bertz CT molecular complexity index is 812. The average Bonchev–Trinajstić information content (AvgIpc) is 2.54. The molecule has 2 N–H and O–H groups in total. The van der Waals surface area contributed by atoms with Crippen LogP contribution in [-0.2, 0) is 9.59 Å². The molecule has 0 aromatic heterocycles. The van der Waals surface area contributed by atoms with Crippen molar-refractivity contribution in [2.75, 3.05) is 10.6 Å². The van der Waals surface area contributed by atoms with Crippen LogP contribution in [0.15, 0.2) is 36.4 Å². The molecule has 25 heavy (non-hydrogen) atoms. The van der Waals surface area contributed by atoms with Crippen molar-refractivity contribution in [1.29, 1.82) is 0 Å². The molecule has 0 saturated carbocycles. The molecule has 2 amide bonds. The number of amides is 2. The van der Waals surface area contributed by atoms with E-state index in [2.05, 4.69) is 10.6 Å². The zero-order valence-electron chi connectivity index (χ0n) is 14.5. The predicted octanol–water partition coefficient (Wildman–Crippen LogP) is 4.19. The van der Waals surface area contributed by atoms with Gasteiger partial charge in [-0.3, -0.25) is 9.59 Å². The van der Waals surface area contributed by atoms with Gasteiger partial charge in [0, 0.05) is 17.4 Å². The standard InChI is InChI=1S/C19H20F2N2O2/c1-11-6-5-7-12(2)16(11)23-18(25)19(3,4)17(24)22-13-8-9-14(20)15(21)10-13/h5-10H,1-4H3,(H,22,24)(H,23,25). The quantitative estimate of drug-likeness (QED) is 0.816. The lowest BCUT2D eigenvalue weighted by atomic mass is 9.90. The first-order valence-electron chi connectivity index (χ1n) is 7.77. The molecule has 0 heterocycles. The van der Waals surface area contributed by atoms with E-state index in [1.165, 1.54) is 19.9 Å². The minimum Gasteiger partial charge on any atom is -0.325 e. The van der Waals surface area contributed by atoms with Crippen LogP contribution in [0.1, 0.15) is 25.0 Å². The lowest BCUT2D eigenvalue weighted by Crippen LogP contribution is -2.41. The third-order valence-corrected chi connectivity index (χ3v) is 4.03. The van der Waals surface area contributed by atoms with Gasteiger partial charge in [-0.1, -0.05) is 18.2 Å². The van der Waals surface area contributed by atoms with E-state index >= 15 is 0 Å². The molecule has 0 bridgehead atoms. The number of hydrogen-bond acceptors (Lipinski definition) is 2. The van der Waals surface area contributed by atoms with Crippen LogP contribution in [0.2, 0.25) is 0 Å². The van der Waals surface area contributed by atoms with Crippen molar-refractivity contribution in [3.63, 3.8) is 0 Å². The van der Waals surface area contributed by atoms with E-state index in [9.17, 15) is 18.4 Å². The molecule has 0 radical (unpaired) electrons. The monoisotopic (exact) mass is 346 g/mol. The van der Waals surface area contributed by atoms with Crippen molar-refractivity contribution in [2.45, 2.75) is 27.7 Å². The second kappa shape index (κ2) is 7.01. The van der Waals surface area contributed by atoms with Crippen LogP contribution in [0.5, 0.6) is 0 Å². The van der Waals surface area contributed by atoms with Crippen LogP contribution in [0.3, 0.4) is 0 Å². The fourth-order valence-corrected chi connectivity index (χ4v) is 2.25. The first-order valence-corrected chi connectivity index (χ1v) is 7.77. The number of hydrogen-bond donors (Lipinski definition) is 2. The van der Waals surface area contributed by atoms with Gasteiger partial charge in [-0.25, -0.2) is 8.78 Å². The van der Waals surface area contributed by atoms with Gasteiger partial charge in [0.05, 0.1) is 0 Å². The summed E-state index contributed by atoms with van der Waals surface area (Å²) in [6.45, 7) is 6.64. The number of anilines is 2. The van der Waals surface area contributed by atoms with Crippen LogP contribution < -0.4 is 10.6 Å². The minimum absolute atomic E-state index is 0.0804. The Morgan fingerprint density at radius 1 is 0.880 bits per heavy atom. The van der Waals surface area contributed by atoms with E-state index in [4.69, 9.17) is 0 Å². The summed E-state index contributed by atoms with van der Waals surface area (Å²) >= 11 is 0. The molecule has 0 atom stereocenters. The number of aryl methyl sites for hydroxylation is 2. The van der Waals surface area contributed by atoms with Crippen LogP contribution in [-0.4, -0.2) is 11.8 Å². The summed E-state index contributed by atoms with van der Waals surface area (Å²) in [4.78, 5) is 25.0. The number of rotatable bonds is 4. The molecule has 2 aromatic rings. The van der Waals surface area contributed by atoms with Crippen molar-refractivity contribution in [3.05, 3.63) is 59.2 Å². The molecular formula is C19H20F2N2O2. The lowest BCUT2D eigenvalue weighted by Gasteiger charge is -2.24. The summed E-state index contributed by atoms with van der Waals surface area (Å²) in [6, 6.07) is 8.60. The molecule has 0 aliphatic rings. The topological polar surface area (TPSA) is 58.2 Å². The summed E-state index contributed by atoms with van der Waals surface area (Å²) in [7, 11) is 0. The summed E-state index contributed by atoms with van der Waals surface area (Å²) in [5.74, 6) is -3.20. The summed E-state index contributed by atoms with van der Waals surface area (Å²) in [5.41, 5.74) is 1.08. The second-order valence-corrected chi connectivity index (χ2v) is 6.43. The van der Waals surface area contributed by atoms with Gasteiger partial charge >= 0.3 is 0 Å². The normalized spacial score (nSPS) is 11.1. The highest BCUT2D eigenvalue weighted by atomic mass is 19.2.